The average Bonchev–Trinajstić information content (AvgIpc) is 2.74. The van der Waals surface area contributed by atoms with Gasteiger partial charge < -0.3 is 4.90 Å². The van der Waals surface area contributed by atoms with Crippen molar-refractivity contribution >= 4 is 31.4 Å². The number of hydrogen-bond acceptors (Lipinski definition) is 5. The molecule has 1 aliphatic heterocycles. The highest BCUT2D eigenvalue weighted by Crippen LogP contribution is 2.31. The molecule has 0 bridgehead atoms. The molecule has 160 valence electrons. The molecule has 2 aromatic carbocycles. The summed E-state index contributed by atoms with van der Waals surface area (Å²) >= 11 is 0. The Hall–Kier alpha value is -2.54. The van der Waals surface area contributed by atoms with E-state index in [-0.39, 0.29) is 9.79 Å². The number of hydrogen-bond donors (Lipinski definition) is 1. The summed E-state index contributed by atoms with van der Waals surface area (Å²) < 4.78 is 54.0. The van der Waals surface area contributed by atoms with Crippen LogP contribution < -0.4 is 9.62 Å². The van der Waals surface area contributed by atoms with Crippen LogP contribution in [0.1, 0.15) is 24.8 Å². The van der Waals surface area contributed by atoms with E-state index in [1.54, 1.807) is 12.1 Å². The molecular formula is C21H25N3O4S2. The third-order valence-electron chi connectivity index (χ3n) is 5.02. The molecular weight excluding hydrogens is 422 g/mol. The second-order valence-electron chi connectivity index (χ2n) is 7.29. The maximum absolute atomic E-state index is 13.0. The third kappa shape index (κ3) is 4.61. The van der Waals surface area contributed by atoms with Crippen molar-refractivity contribution in [1.82, 2.24) is 4.31 Å². The van der Waals surface area contributed by atoms with Gasteiger partial charge in [-0.05, 0) is 61.7 Å². The predicted octanol–water partition coefficient (Wildman–Crippen LogP) is 2.71. The number of benzene rings is 2. The molecule has 0 saturated carbocycles. The number of anilines is 2. The van der Waals surface area contributed by atoms with Crippen LogP contribution >= 0.6 is 0 Å². The summed E-state index contributed by atoms with van der Waals surface area (Å²) in [5, 5.41) is 0. The molecule has 30 heavy (non-hydrogen) atoms. The van der Waals surface area contributed by atoms with E-state index in [0.717, 1.165) is 42.3 Å². The summed E-state index contributed by atoms with van der Waals surface area (Å²) in [6.45, 7) is 1.67. The molecule has 1 aliphatic rings. The van der Waals surface area contributed by atoms with Gasteiger partial charge in [-0.25, -0.2) is 21.1 Å². The van der Waals surface area contributed by atoms with Crippen molar-refractivity contribution in [3.8, 4) is 12.3 Å². The van der Waals surface area contributed by atoms with Gasteiger partial charge in [0.25, 0.3) is 10.0 Å². The molecule has 9 heteroatoms. The molecule has 1 fully saturated rings. The second kappa shape index (κ2) is 8.68. The summed E-state index contributed by atoms with van der Waals surface area (Å²) in [4.78, 5) is 2.14. The van der Waals surface area contributed by atoms with Crippen LogP contribution in [0.3, 0.4) is 0 Å². The van der Waals surface area contributed by atoms with Crippen molar-refractivity contribution in [2.24, 2.45) is 0 Å². The van der Waals surface area contributed by atoms with Gasteiger partial charge in [0.2, 0.25) is 10.0 Å². The van der Waals surface area contributed by atoms with Gasteiger partial charge in [0, 0.05) is 32.7 Å². The lowest BCUT2D eigenvalue weighted by Gasteiger charge is -2.30. The first-order valence-corrected chi connectivity index (χ1v) is 12.5. The summed E-state index contributed by atoms with van der Waals surface area (Å²) in [6.07, 6.45) is 8.75. The number of nitrogens with one attached hydrogen (secondary N) is 1. The zero-order valence-corrected chi connectivity index (χ0v) is 18.6. The molecule has 0 aliphatic carbocycles. The Bertz CT molecular complexity index is 1160. The van der Waals surface area contributed by atoms with Gasteiger partial charge in [-0.15, -0.1) is 6.42 Å². The van der Waals surface area contributed by atoms with Crippen LogP contribution in [0.4, 0.5) is 11.4 Å². The number of sulfonamides is 2. The molecule has 0 spiro atoms. The largest absolute Gasteiger partial charge is 0.370 e. The zero-order valence-electron chi connectivity index (χ0n) is 17.0. The van der Waals surface area contributed by atoms with Crippen LogP contribution in [-0.4, -0.2) is 48.3 Å². The maximum atomic E-state index is 13.0. The molecule has 2 aromatic rings. The van der Waals surface area contributed by atoms with Crippen LogP contribution in [0.15, 0.2) is 52.3 Å². The van der Waals surface area contributed by atoms with E-state index in [9.17, 15) is 16.8 Å². The van der Waals surface area contributed by atoms with Crippen molar-refractivity contribution < 1.29 is 16.8 Å². The van der Waals surface area contributed by atoms with Crippen molar-refractivity contribution in [2.45, 2.75) is 29.1 Å². The molecule has 0 aromatic heterocycles. The summed E-state index contributed by atoms with van der Waals surface area (Å²) in [5.41, 5.74) is 1.87. The van der Waals surface area contributed by atoms with Gasteiger partial charge in [-0.2, -0.15) is 0 Å². The molecule has 1 heterocycles. The Labute approximate surface area is 178 Å². The minimum Gasteiger partial charge on any atom is -0.370 e. The lowest BCUT2D eigenvalue weighted by atomic mass is 10.1. The average molecular weight is 448 g/mol. The molecule has 1 N–H and O–H groups in total. The highest BCUT2D eigenvalue weighted by Gasteiger charge is 2.22. The molecule has 7 nitrogen and oxygen atoms in total. The molecule has 1 saturated heterocycles. The quantitative estimate of drug-likeness (QED) is 0.688. The van der Waals surface area contributed by atoms with E-state index in [0.29, 0.717) is 11.3 Å². The van der Waals surface area contributed by atoms with Gasteiger partial charge >= 0.3 is 0 Å². The maximum Gasteiger partial charge on any atom is 0.261 e. The summed E-state index contributed by atoms with van der Waals surface area (Å²) in [6, 6.07) is 10.3. The van der Waals surface area contributed by atoms with E-state index >= 15 is 0 Å². The number of piperidine rings is 1. The minimum absolute atomic E-state index is 0.0224. The second-order valence-corrected chi connectivity index (χ2v) is 11.1. The van der Waals surface area contributed by atoms with Crippen LogP contribution in [0.2, 0.25) is 0 Å². The van der Waals surface area contributed by atoms with Crippen molar-refractivity contribution in [2.75, 3.05) is 36.8 Å². The predicted molar refractivity (Wildman–Crippen MR) is 119 cm³/mol. The van der Waals surface area contributed by atoms with E-state index in [1.165, 1.54) is 38.4 Å². The number of nitrogens with zero attached hydrogens (tertiary/aromatic N) is 2. The van der Waals surface area contributed by atoms with Crippen molar-refractivity contribution in [1.29, 1.82) is 0 Å². The van der Waals surface area contributed by atoms with E-state index < -0.39 is 20.0 Å². The Morgan fingerprint density at radius 2 is 1.53 bits per heavy atom. The fourth-order valence-electron chi connectivity index (χ4n) is 3.31. The molecule has 0 amide bonds. The van der Waals surface area contributed by atoms with Crippen LogP contribution in [-0.2, 0) is 20.0 Å². The first-order chi connectivity index (χ1) is 14.1. The molecule has 0 unspecified atom stereocenters. The van der Waals surface area contributed by atoms with Gasteiger partial charge in [-0.1, -0.05) is 5.92 Å². The van der Waals surface area contributed by atoms with Gasteiger partial charge in [0.1, 0.15) is 0 Å². The van der Waals surface area contributed by atoms with Crippen LogP contribution in [0.5, 0.6) is 0 Å². The molecule has 0 atom stereocenters. The van der Waals surface area contributed by atoms with Crippen molar-refractivity contribution in [3.05, 3.63) is 48.0 Å². The third-order valence-corrected chi connectivity index (χ3v) is 8.23. The number of rotatable bonds is 6. The standard InChI is InChI=1S/C21H25N3O4S2/c1-4-17-8-13-20(21(16-17)24-14-6-5-7-15-24)22-29(25,26)18-9-11-19(12-10-18)30(27,28)23(2)3/h1,8-13,16,22H,5-7,14-15H2,2-3H3. The van der Waals surface area contributed by atoms with E-state index in [1.807, 2.05) is 6.07 Å². The Balaban J connectivity index is 1.93. The van der Waals surface area contributed by atoms with Gasteiger partial charge in [-0.3, -0.25) is 4.72 Å². The highest BCUT2D eigenvalue weighted by molar-refractivity contribution is 7.92. The first kappa shape index (κ1) is 22.2. The lowest BCUT2D eigenvalue weighted by molar-refractivity contribution is 0.520. The van der Waals surface area contributed by atoms with Gasteiger partial charge in [0.15, 0.2) is 0 Å². The minimum atomic E-state index is -3.91. The van der Waals surface area contributed by atoms with Crippen LogP contribution in [0.25, 0.3) is 0 Å². The van der Waals surface area contributed by atoms with E-state index in [2.05, 4.69) is 15.5 Å². The topological polar surface area (TPSA) is 86.8 Å². The van der Waals surface area contributed by atoms with Gasteiger partial charge in [0.05, 0.1) is 21.2 Å². The van der Waals surface area contributed by atoms with Crippen molar-refractivity contribution in [3.63, 3.8) is 0 Å². The normalized spacial score (nSPS) is 15.1. The lowest BCUT2D eigenvalue weighted by Crippen LogP contribution is -2.30. The smallest absolute Gasteiger partial charge is 0.261 e. The highest BCUT2D eigenvalue weighted by atomic mass is 32.2. The monoisotopic (exact) mass is 447 g/mol. The number of terminal acetylenes is 1. The van der Waals surface area contributed by atoms with E-state index in [4.69, 9.17) is 6.42 Å². The summed E-state index contributed by atoms with van der Waals surface area (Å²) in [7, 11) is -4.71. The Kier molecular flexibility index (Phi) is 6.41. The first-order valence-electron chi connectivity index (χ1n) is 9.56. The summed E-state index contributed by atoms with van der Waals surface area (Å²) in [5.74, 6) is 2.59. The Morgan fingerprint density at radius 1 is 0.933 bits per heavy atom. The van der Waals surface area contributed by atoms with Crippen LogP contribution in [0, 0.1) is 12.3 Å². The SMILES string of the molecule is C#Cc1ccc(NS(=O)(=O)c2ccc(S(=O)(=O)N(C)C)cc2)c(N2CCCCC2)c1. The fraction of sp³-hybridized carbons (Fsp3) is 0.333. The molecule has 0 radical (unpaired) electrons. The molecule has 3 rings (SSSR count). The zero-order chi connectivity index (χ0) is 21.9. The fourth-order valence-corrected chi connectivity index (χ4v) is 5.29. The Morgan fingerprint density at radius 3 is 2.10 bits per heavy atom.